The molecule has 1 heterocycles. The Bertz CT molecular complexity index is 573. The summed E-state index contributed by atoms with van der Waals surface area (Å²) in [4.78, 5) is 2.72. The van der Waals surface area contributed by atoms with Crippen molar-refractivity contribution in [2.45, 2.75) is 72.3 Å². The van der Waals surface area contributed by atoms with Crippen LogP contribution in [-0.4, -0.2) is 31.1 Å². The van der Waals surface area contributed by atoms with Gasteiger partial charge in [0.25, 0.3) is 0 Å². The van der Waals surface area contributed by atoms with Gasteiger partial charge in [0.2, 0.25) is 0 Å². The van der Waals surface area contributed by atoms with Crippen LogP contribution in [0.1, 0.15) is 66.4 Å². The lowest BCUT2D eigenvalue weighted by atomic mass is 9.77. The van der Waals surface area contributed by atoms with E-state index in [4.69, 9.17) is 4.74 Å². The number of hydrogen-bond acceptors (Lipinski definition) is 2. The molecule has 1 aliphatic heterocycles. The second kappa shape index (κ2) is 9.08. The molecule has 0 aliphatic carbocycles. The Hall–Kier alpha value is -1.28. The Morgan fingerprint density at radius 2 is 1.73 bits per heavy atom. The van der Waals surface area contributed by atoms with Gasteiger partial charge in [0.05, 0.1) is 7.11 Å². The molecule has 2 rings (SSSR count). The number of benzene rings is 1. The number of allylic oxidation sites excluding steroid dienone is 1. The first-order chi connectivity index (χ1) is 12.2. The Morgan fingerprint density at radius 1 is 1.15 bits per heavy atom. The van der Waals surface area contributed by atoms with Crippen LogP contribution in [0.4, 0.5) is 0 Å². The van der Waals surface area contributed by atoms with Gasteiger partial charge in [-0.3, -0.25) is 4.90 Å². The highest BCUT2D eigenvalue weighted by Gasteiger charge is 2.30. The molecular weight excluding hydrogens is 318 g/mol. The lowest BCUT2D eigenvalue weighted by Crippen LogP contribution is -2.44. The van der Waals surface area contributed by atoms with Crippen molar-refractivity contribution in [3.63, 3.8) is 0 Å². The van der Waals surface area contributed by atoms with Crippen molar-refractivity contribution in [1.29, 1.82) is 0 Å². The molecule has 2 nitrogen and oxygen atoms in total. The highest BCUT2D eigenvalue weighted by molar-refractivity contribution is 5.32. The van der Waals surface area contributed by atoms with Crippen LogP contribution in [0.25, 0.3) is 0 Å². The molecule has 1 aliphatic rings. The summed E-state index contributed by atoms with van der Waals surface area (Å²) in [6.07, 6.45) is 6.32. The van der Waals surface area contributed by atoms with Gasteiger partial charge in [-0.05, 0) is 81.1 Å². The maximum absolute atomic E-state index is 5.32. The van der Waals surface area contributed by atoms with E-state index in [0.29, 0.717) is 6.04 Å². The average molecular weight is 358 g/mol. The number of rotatable bonds is 7. The molecule has 0 spiro atoms. The third-order valence-corrected chi connectivity index (χ3v) is 6.10. The second-order valence-electron chi connectivity index (χ2n) is 9.25. The molecule has 0 bridgehead atoms. The van der Waals surface area contributed by atoms with Gasteiger partial charge in [0.15, 0.2) is 0 Å². The Labute approximate surface area is 161 Å². The van der Waals surface area contributed by atoms with Crippen LogP contribution >= 0.6 is 0 Å². The fourth-order valence-electron chi connectivity index (χ4n) is 4.28. The number of piperidine rings is 1. The van der Waals surface area contributed by atoms with Gasteiger partial charge in [0, 0.05) is 6.04 Å². The predicted molar refractivity (Wildman–Crippen MR) is 113 cm³/mol. The molecule has 1 unspecified atom stereocenters. The number of ether oxygens (including phenoxy) is 1. The van der Waals surface area contributed by atoms with E-state index in [1.807, 2.05) is 0 Å². The van der Waals surface area contributed by atoms with Crippen molar-refractivity contribution in [2.75, 3.05) is 20.2 Å². The van der Waals surface area contributed by atoms with Crippen LogP contribution in [-0.2, 0) is 5.41 Å². The molecule has 2 heteroatoms. The minimum Gasteiger partial charge on any atom is -0.497 e. The third kappa shape index (κ3) is 5.61. The standard InChI is InChI=1S/C24H39NO/c1-18(2)16-22(25-14-12-20(13-15-25)19(3)4)17-24(5,6)21-8-10-23(26-7)11-9-21/h8-11,16,19-20,22H,12-15,17H2,1-7H3. The highest BCUT2D eigenvalue weighted by Crippen LogP contribution is 2.34. The molecular formula is C24H39NO. The summed E-state index contributed by atoms with van der Waals surface area (Å²) in [6, 6.07) is 9.14. The van der Waals surface area contributed by atoms with Gasteiger partial charge in [0.1, 0.15) is 5.75 Å². The zero-order chi connectivity index (χ0) is 19.3. The Balaban J connectivity index is 2.12. The maximum Gasteiger partial charge on any atom is 0.118 e. The largest absolute Gasteiger partial charge is 0.497 e. The zero-order valence-corrected chi connectivity index (χ0v) is 18.0. The van der Waals surface area contributed by atoms with E-state index in [2.05, 4.69) is 76.8 Å². The molecule has 0 N–H and O–H groups in total. The summed E-state index contributed by atoms with van der Waals surface area (Å²) in [6.45, 7) is 16.4. The van der Waals surface area contributed by atoms with Crippen molar-refractivity contribution in [3.05, 3.63) is 41.5 Å². The van der Waals surface area contributed by atoms with Gasteiger partial charge >= 0.3 is 0 Å². The maximum atomic E-state index is 5.32. The van der Waals surface area contributed by atoms with E-state index in [-0.39, 0.29) is 5.41 Å². The molecule has 26 heavy (non-hydrogen) atoms. The molecule has 0 radical (unpaired) electrons. The van der Waals surface area contributed by atoms with E-state index in [1.54, 1.807) is 7.11 Å². The molecule has 1 atom stereocenters. The van der Waals surface area contributed by atoms with Crippen molar-refractivity contribution >= 4 is 0 Å². The van der Waals surface area contributed by atoms with Crippen LogP contribution < -0.4 is 4.74 Å². The van der Waals surface area contributed by atoms with E-state index < -0.39 is 0 Å². The van der Waals surface area contributed by atoms with Crippen molar-refractivity contribution in [2.24, 2.45) is 11.8 Å². The van der Waals surface area contributed by atoms with Crippen molar-refractivity contribution in [3.8, 4) is 5.75 Å². The fraction of sp³-hybridized carbons (Fsp3) is 0.667. The quantitative estimate of drug-likeness (QED) is 0.549. The van der Waals surface area contributed by atoms with Crippen molar-refractivity contribution < 1.29 is 4.74 Å². The third-order valence-electron chi connectivity index (χ3n) is 6.10. The molecule has 1 aromatic rings. The zero-order valence-electron chi connectivity index (χ0n) is 18.0. The van der Waals surface area contributed by atoms with Gasteiger partial charge < -0.3 is 4.74 Å². The van der Waals surface area contributed by atoms with Gasteiger partial charge in [-0.1, -0.05) is 51.5 Å². The molecule has 0 saturated carbocycles. The summed E-state index contributed by atoms with van der Waals surface area (Å²) in [5, 5.41) is 0. The Kier molecular flexibility index (Phi) is 7.34. The first kappa shape index (κ1) is 21.0. The minimum atomic E-state index is 0.137. The van der Waals surface area contributed by atoms with E-state index in [1.165, 1.54) is 37.1 Å². The van der Waals surface area contributed by atoms with Crippen LogP contribution in [0.5, 0.6) is 5.75 Å². The topological polar surface area (TPSA) is 12.5 Å². The summed E-state index contributed by atoms with van der Waals surface area (Å²) in [5.41, 5.74) is 2.95. The molecule has 1 fully saturated rings. The first-order valence-corrected chi connectivity index (χ1v) is 10.3. The monoisotopic (exact) mass is 357 g/mol. The summed E-state index contributed by atoms with van der Waals surface area (Å²) >= 11 is 0. The molecule has 0 amide bonds. The molecule has 0 aromatic heterocycles. The van der Waals surface area contributed by atoms with Crippen LogP contribution in [0.2, 0.25) is 0 Å². The van der Waals surface area contributed by atoms with Gasteiger partial charge in [-0.25, -0.2) is 0 Å². The van der Waals surface area contributed by atoms with Crippen LogP contribution in [0, 0.1) is 11.8 Å². The van der Waals surface area contributed by atoms with Crippen molar-refractivity contribution in [1.82, 2.24) is 4.90 Å². The van der Waals surface area contributed by atoms with E-state index in [0.717, 1.165) is 24.0 Å². The lowest BCUT2D eigenvalue weighted by molar-refractivity contribution is 0.119. The second-order valence-corrected chi connectivity index (χ2v) is 9.25. The number of hydrogen-bond donors (Lipinski definition) is 0. The smallest absolute Gasteiger partial charge is 0.118 e. The average Bonchev–Trinajstić information content (AvgIpc) is 2.60. The fourth-order valence-corrected chi connectivity index (χ4v) is 4.28. The van der Waals surface area contributed by atoms with Crippen LogP contribution in [0.3, 0.4) is 0 Å². The van der Waals surface area contributed by atoms with E-state index in [9.17, 15) is 0 Å². The predicted octanol–water partition coefficient (Wildman–Crippen LogP) is 6.07. The normalized spacial score (nSPS) is 18.0. The summed E-state index contributed by atoms with van der Waals surface area (Å²) < 4.78 is 5.32. The number of likely N-dealkylation sites (tertiary alicyclic amines) is 1. The highest BCUT2D eigenvalue weighted by atomic mass is 16.5. The molecule has 1 aromatic carbocycles. The summed E-state index contributed by atoms with van der Waals surface area (Å²) in [5.74, 6) is 2.64. The Morgan fingerprint density at radius 3 is 2.19 bits per heavy atom. The molecule has 1 saturated heterocycles. The number of methoxy groups -OCH3 is 1. The van der Waals surface area contributed by atoms with E-state index >= 15 is 0 Å². The van der Waals surface area contributed by atoms with Crippen LogP contribution in [0.15, 0.2) is 35.9 Å². The SMILES string of the molecule is COc1ccc(C(C)(C)CC(C=C(C)C)N2CCC(C(C)C)CC2)cc1. The summed E-state index contributed by atoms with van der Waals surface area (Å²) in [7, 11) is 1.73. The number of nitrogens with zero attached hydrogens (tertiary/aromatic N) is 1. The lowest BCUT2D eigenvalue weighted by Gasteiger charge is -2.41. The van der Waals surface area contributed by atoms with Gasteiger partial charge in [-0.15, -0.1) is 0 Å². The molecule has 146 valence electrons. The van der Waals surface area contributed by atoms with Gasteiger partial charge in [-0.2, -0.15) is 0 Å². The minimum absolute atomic E-state index is 0.137. The first-order valence-electron chi connectivity index (χ1n) is 10.3.